The van der Waals surface area contributed by atoms with E-state index in [9.17, 15) is 18.0 Å². The number of rotatable bonds is 3. The lowest BCUT2D eigenvalue weighted by Crippen LogP contribution is -2.07. The van der Waals surface area contributed by atoms with E-state index < -0.39 is 30.2 Å². The Morgan fingerprint density at radius 3 is 2.60 bits per heavy atom. The molecule has 0 bridgehead atoms. The van der Waals surface area contributed by atoms with E-state index in [2.05, 4.69) is 4.98 Å². The van der Waals surface area contributed by atoms with Crippen LogP contribution in [0.1, 0.15) is 17.7 Å². The van der Waals surface area contributed by atoms with Crippen LogP contribution in [0.2, 0.25) is 0 Å². The van der Waals surface area contributed by atoms with E-state index in [1.54, 1.807) is 0 Å². The Kier molecular flexibility index (Phi) is 3.89. The number of carboxylic acid groups (broad SMARTS) is 1. The summed E-state index contributed by atoms with van der Waals surface area (Å²) in [6, 6.07) is 0.720. The van der Waals surface area contributed by atoms with E-state index in [0.717, 1.165) is 6.07 Å². The lowest BCUT2D eigenvalue weighted by Gasteiger charge is -2.06. The Morgan fingerprint density at radius 1 is 1.60 bits per heavy atom. The molecule has 0 aliphatic carbocycles. The number of aromatic nitrogens is 1. The van der Waals surface area contributed by atoms with Crippen LogP contribution in [-0.4, -0.2) is 16.1 Å². The molecule has 15 heavy (non-hydrogen) atoms. The summed E-state index contributed by atoms with van der Waals surface area (Å²) in [6.45, 7) is 0. The van der Waals surface area contributed by atoms with E-state index in [4.69, 9.17) is 5.11 Å². The standard InChI is InChI=1S/C8H5F3INO2/c9-4-1-3(2-5(14)15)13-8(12)6(4)7(10)11/h1,7H,2H2,(H,14,15). The number of halogens is 4. The van der Waals surface area contributed by atoms with Gasteiger partial charge in [-0.1, -0.05) is 0 Å². The fourth-order valence-corrected chi connectivity index (χ4v) is 1.78. The Labute approximate surface area is 96.5 Å². The van der Waals surface area contributed by atoms with Crippen molar-refractivity contribution >= 4 is 28.6 Å². The zero-order valence-corrected chi connectivity index (χ0v) is 9.33. The predicted octanol–water partition coefficient (Wildman–Crippen LogP) is 2.39. The van der Waals surface area contributed by atoms with Gasteiger partial charge in [-0.15, -0.1) is 0 Å². The van der Waals surface area contributed by atoms with Crippen molar-refractivity contribution in [2.24, 2.45) is 0 Å². The Balaban J connectivity index is 3.13. The van der Waals surface area contributed by atoms with Crippen LogP contribution in [0.5, 0.6) is 0 Å². The zero-order valence-electron chi connectivity index (χ0n) is 7.18. The molecular formula is C8H5F3INO2. The largest absolute Gasteiger partial charge is 0.481 e. The second kappa shape index (κ2) is 4.77. The molecule has 7 heteroatoms. The molecule has 0 aliphatic rings. The van der Waals surface area contributed by atoms with Crippen LogP contribution in [0.15, 0.2) is 6.07 Å². The van der Waals surface area contributed by atoms with Gasteiger partial charge >= 0.3 is 5.97 Å². The van der Waals surface area contributed by atoms with Crippen LogP contribution in [0, 0.1) is 9.52 Å². The quantitative estimate of drug-likeness (QED) is 0.684. The highest BCUT2D eigenvalue weighted by atomic mass is 127. The first kappa shape index (κ1) is 12.2. The fraction of sp³-hybridized carbons (Fsp3) is 0.250. The number of pyridine rings is 1. The number of aliphatic carboxylic acids is 1. The summed E-state index contributed by atoms with van der Waals surface area (Å²) in [5.74, 6) is -2.32. The number of nitrogens with zero attached hydrogens (tertiary/aromatic N) is 1. The Bertz CT molecular complexity index is 374. The van der Waals surface area contributed by atoms with Crippen LogP contribution in [0.25, 0.3) is 0 Å². The Hall–Kier alpha value is -0.860. The van der Waals surface area contributed by atoms with Gasteiger partial charge in [-0.25, -0.2) is 18.2 Å². The van der Waals surface area contributed by atoms with Gasteiger partial charge in [0.1, 0.15) is 9.52 Å². The van der Waals surface area contributed by atoms with Gasteiger partial charge in [0.05, 0.1) is 17.7 Å². The smallest absolute Gasteiger partial charge is 0.309 e. The van der Waals surface area contributed by atoms with Crippen molar-refractivity contribution in [3.05, 3.63) is 26.8 Å². The molecule has 0 aromatic carbocycles. The van der Waals surface area contributed by atoms with Gasteiger partial charge in [-0.05, 0) is 28.7 Å². The van der Waals surface area contributed by atoms with Crippen molar-refractivity contribution in [1.82, 2.24) is 4.98 Å². The number of carboxylic acids is 1. The van der Waals surface area contributed by atoms with Crippen molar-refractivity contribution < 1.29 is 23.1 Å². The molecule has 0 radical (unpaired) electrons. The predicted molar refractivity (Wildman–Crippen MR) is 53.2 cm³/mol. The molecule has 1 rings (SSSR count). The Morgan fingerprint density at radius 2 is 2.20 bits per heavy atom. The van der Waals surface area contributed by atoms with Gasteiger partial charge in [-0.2, -0.15) is 0 Å². The maximum Gasteiger partial charge on any atom is 0.309 e. The minimum atomic E-state index is -2.96. The fourth-order valence-electron chi connectivity index (χ4n) is 0.981. The van der Waals surface area contributed by atoms with Crippen molar-refractivity contribution in [1.29, 1.82) is 0 Å². The highest BCUT2D eigenvalue weighted by Crippen LogP contribution is 2.26. The summed E-state index contributed by atoms with van der Waals surface area (Å²) in [5, 5.41) is 8.41. The zero-order chi connectivity index (χ0) is 11.6. The lowest BCUT2D eigenvalue weighted by molar-refractivity contribution is -0.136. The van der Waals surface area contributed by atoms with E-state index in [-0.39, 0.29) is 9.39 Å². The molecule has 0 spiro atoms. The summed E-state index contributed by atoms with van der Waals surface area (Å²) in [5.41, 5.74) is -0.862. The minimum absolute atomic E-state index is 0.0752. The van der Waals surface area contributed by atoms with Crippen LogP contribution >= 0.6 is 22.6 Å². The normalized spacial score (nSPS) is 10.7. The lowest BCUT2D eigenvalue weighted by atomic mass is 10.2. The highest BCUT2D eigenvalue weighted by Gasteiger charge is 2.20. The van der Waals surface area contributed by atoms with Crippen LogP contribution in [0.4, 0.5) is 13.2 Å². The molecule has 1 heterocycles. The van der Waals surface area contributed by atoms with Gasteiger partial charge in [0, 0.05) is 0 Å². The average Bonchev–Trinajstić information content (AvgIpc) is 1.99. The van der Waals surface area contributed by atoms with Crippen LogP contribution in [-0.2, 0) is 11.2 Å². The van der Waals surface area contributed by atoms with E-state index in [1.807, 2.05) is 0 Å². The molecule has 82 valence electrons. The molecule has 0 saturated heterocycles. The number of hydrogen-bond donors (Lipinski definition) is 1. The summed E-state index contributed by atoms with van der Waals surface area (Å²) < 4.78 is 37.4. The molecular weight excluding hydrogens is 326 g/mol. The van der Waals surface area contributed by atoms with Crippen molar-refractivity contribution in [3.8, 4) is 0 Å². The van der Waals surface area contributed by atoms with Crippen molar-refractivity contribution in [2.45, 2.75) is 12.8 Å². The average molecular weight is 331 g/mol. The van der Waals surface area contributed by atoms with Gasteiger partial charge in [0.15, 0.2) is 0 Å². The monoisotopic (exact) mass is 331 g/mol. The topological polar surface area (TPSA) is 50.2 Å². The van der Waals surface area contributed by atoms with Gasteiger partial charge in [0.2, 0.25) is 0 Å². The third kappa shape index (κ3) is 3.05. The third-order valence-corrected chi connectivity index (χ3v) is 2.39. The summed E-state index contributed by atoms with van der Waals surface area (Å²) in [7, 11) is 0. The molecule has 1 N–H and O–H groups in total. The second-order valence-corrected chi connectivity index (χ2v) is 3.69. The van der Waals surface area contributed by atoms with E-state index in [1.165, 1.54) is 22.6 Å². The molecule has 1 aromatic heterocycles. The molecule has 0 unspecified atom stereocenters. The van der Waals surface area contributed by atoms with Gasteiger partial charge < -0.3 is 5.11 Å². The molecule has 0 amide bonds. The van der Waals surface area contributed by atoms with Crippen molar-refractivity contribution in [3.63, 3.8) is 0 Å². The number of hydrogen-bond acceptors (Lipinski definition) is 2. The first-order valence-electron chi connectivity index (χ1n) is 3.76. The van der Waals surface area contributed by atoms with Crippen LogP contribution < -0.4 is 0 Å². The molecule has 1 aromatic rings. The number of alkyl halides is 2. The van der Waals surface area contributed by atoms with E-state index in [0.29, 0.717) is 0 Å². The molecule has 0 saturated carbocycles. The minimum Gasteiger partial charge on any atom is -0.481 e. The van der Waals surface area contributed by atoms with E-state index >= 15 is 0 Å². The molecule has 0 atom stereocenters. The molecule has 0 fully saturated rings. The van der Waals surface area contributed by atoms with Crippen LogP contribution in [0.3, 0.4) is 0 Å². The third-order valence-electron chi connectivity index (χ3n) is 1.57. The first-order valence-corrected chi connectivity index (χ1v) is 4.84. The maximum absolute atomic E-state index is 13.1. The molecule has 0 aliphatic heterocycles. The summed E-state index contributed by atoms with van der Waals surface area (Å²) in [6.07, 6.45) is -3.44. The maximum atomic E-state index is 13.1. The summed E-state index contributed by atoms with van der Waals surface area (Å²) in [4.78, 5) is 13.9. The second-order valence-electron chi connectivity index (χ2n) is 2.67. The van der Waals surface area contributed by atoms with Crippen molar-refractivity contribution in [2.75, 3.05) is 0 Å². The molecule has 3 nitrogen and oxygen atoms in total. The first-order chi connectivity index (χ1) is 6.91. The van der Waals surface area contributed by atoms with Gasteiger partial charge in [0.25, 0.3) is 6.43 Å². The SMILES string of the molecule is O=C(O)Cc1cc(F)c(C(F)F)c(I)n1. The summed E-state index contributed by atoms with van der Waals surface area (Å²) >= 11 is 1.45. The highest BCUT2D eigenvalue weighted by molar-refractivity contribution is 14.1. The van der Waals surface area contributed by atoms with Gasteiger partial charge in [-0.3, -0.25) is 4.79 Å². The number of carbonyl (C=O) groups is 1.